The zero-order valence-electron chi connectivity index (χ0n) is 15.9. The fraction of sp³-hybridized carbons (Fsp3) is 0.0952. The molecule has 0 aliphatic heterocycles. The second-order valence-electron chi connectivity index (χ2n) is 6.19. The number of aromatic carboxylic acids is 1. The number of nitrogens with zero attached hydrogens (tertiary/aromatic N) is 1. The highest BCUT2D eigenvalue weighted by Crippen LogP contribution is 2.37. The molecule has 0 saturated carbocycles. The van der Waals surface area contributed by atoms with Crippen molar-refractivity contribution in [1.82, 2.24) is 4.98 Å². The summed E-state index contributed by atoms with van der Waals surface area (Å²) in [6.45, 7) is 1.76. The molecule has 3 rings (SSSR count). The second kappa shape index (κ2) is 9.02. The Morgan fingerprint density at radius 2 is 1.80 bits per heavy atom. The molecule has 2 N–H and O–H groups in total. The normalized spacial score (nSPS) is 10.4. The van der Waals surface area contributed by atoms with Crippen LogP contribution in [-0.4, -0.2) is 29.1 Å². The average Bonchev–Trinajstić information content (AvgIpc) is 2.72. The van der Waals surface area contributed by atoms with Gasteiger partial charge in [0.25, 0.3) is 5.91 Å². The van der Waals surface area contributed by atoms with Crippen LogP contribution in [0.3, 0.4) is 0 Å². The van der Waals surface area contributed by atoms with Gasteiger partial charge < -0.3 is 19.9 Å². The van der Waals surface area contributed by atoms with Crippen molar-refractivity contribution in [1.29, 1.82) is 0 Å². The lowest BCUT2D eigenvalue weighted by atomic mass is 10.1. The molecular formula is C21H16Cl2N2O5. The van der Waals surface area contributed by atoms with Crippen LogP contribution in [-0.2, 0) is 0 Å². The number of carbonyl (C=O) groups is 2. The van der Waals surface area contributed by atoms with Gasteiger partial charge in [-0.05, 0) is 42.8 Å². The number of carbonyl (C=O) groups excluding carboxylic acids is 1. The van der Waals surface area contributed by atoms with Crippen LogP contribution in [0.1, 0.15) is 26.4 Å². The molecule has 30 heavy (non-hydrogen) atoms. The van der Waals surface area contributed by atoms with Gasteiger partial charge in [0.2, 0.25) is 0 Å². The number of anilines is 1. The van der Waals surface area contributed by atoms with Gasteiger partial charge in [0, 0.05) is 22.2 Å². The summed E-state index contributed by atoms with van der Waals surface area (Å²) in [6, 6.07) is 10.7. The molecule has 9 heteroatoms. The van der Waals surface area contributed by atoms with E-state index in [-0.39, 0.29) is 17.0 Å². The molecule has 2 aromatic carbocycles. The Labute approximate surface area is 182 Å². The van der Waals surface area contributed by atoms with Crippen molar-refractivity contribution in [3.05, 3.63) is 75.5 Å². The number of aromatic nitrogens is 1. The molecule has 0 atom stereocenters. The number of amides is 1. The lowest BCUT2D eigenvalue weighted by molar-refractivity contribution is 0.0690. The summed E-state index contributed by atoms with van der Waals surface area (Å²) in [6.07, 6.45) is 1.26. The molecular weight excluding hydrogens is 431 g/mol. The van der Waals surface area contributed by atoms with E-state index >= 15 is 0 Å². The zero-order chi connectivity index (χ0) is 21.8. The maximum absolute atomic E-state index is 12.9. The van der Waals surface area contributed by atoms with Gasteiger partial charge >= 0.3 is 5.97 Å². The van der Waals surface area contributed by atoms with Crippen LogP contribution in [0.5, 0.6) is 17.2 Å². The lowest BCUT2D eigenvalue weighted by Crippen LogP contribution is -2.14. The van der Waals surface area contributed by atoms with E-state index in [2.05, 4.69) is 10.3 Å². The molecule has 154 valence electrons. The summed E-state index contributed by atoms with van der Waals surface area (Å²) in [7, 11) is 1.47. The third kappa shape index (κ3) is 4.82. The molecule has 1 aromatic heterocycles. The van der Waals surface area contributed by atoms with E-state index < -0.39 is 11.9 Å². The van der Waals surface area contributed by atoms with Crippen LogP contribution in [0.15, 0.2) is 48.7 Å². The third-order valence-corrected chi connectivity index (χ3v) is 4.73. The first-order valence-electron chi connectivity index (χ1n) is 8.60. The van der Waals surface area contributed by atoms with Crippen molar-refractivity contribution in [3.63, 3.8) is 0 Å². The number of hydrogen-bond donors (Lipinski definition) is 2. The fourth-order valence-electron chi connectivity index (χ4n) is 2.56. The maximum atomic E-state index is 12.9. The molecule has 0 aliphatic carbocycles. The number of rotatable bonds is 6. The number of methoxy groups -OCH3 is 1. The molecule has 0 unspecified atom stereocenters. The number of benzene rings is 2. The Hall–Kier alpha value is -3.29. The largest absolute Gasteiger partial charge is 0.493 e. The summed E-state index contributed by atoms with van der Waals surface area (Å²) in [4.78, 5) is 27.6. The molecule has 0 fully saturated rings. The summed E-state index contributed by atoms with van der Waals surface area (Å²) in [5, 5.41) is 12.5. The molecule has 0 radical (unpaired) electrons. The zero-order valence-corrected chi connectivity index (χ0v) is 17.4. The van der Waals surface area contributed by atoms with E-state index in [4.69, 9.17) is 37.8 Å². The van der Waals surface area contributed by atoms with Crippen molar-refractivity contribution in [3.8, 4) is 17.2 Å². The minimum Gasteiger partial charge on any atom is -0.493 e. The summed E-state index contributed by atoms with van der Waals surface area (Å²) in [5.41, 5.74) is 1.09. The van der Waals surface area contributed by atoms with Gasteiger partial charge in [0.1, 0.15) is 11.4 Å². The first-order valence-corrected chi connectivity index (χ1v) is 9.36. The topological polar surface area (TPSA) is 97.8 Å². The predicted molar refractivity (Wildman–Crippen MR) is 113 cm³/mol. The van der Waals surface area contributed by atoms with E-state index in [1.54, 1.807) is 31.2 Å². The van der Waals surface area contributed by atoms with Crippen LogP contribution in [0.4, 0.5) is 5.69 Å². The van der Waals surface area contributed by atoms with Crippen molar-refractivity contribution < 1.29 is 24.2 Å². The fourth-order valence-corrected chi connectivity index (χ4v) is 2.88. The Morgan fingerprint density at radius 3 is 2.43 bits per heavy atom. The van der Waals surface area contributed by atoms with Gasteiger partial charge in [0.05, 0.1) is 24.6 Å². The van der Waals surface area contributed by atoms with Crippen LogP contribution < -0.4 is 14.8 Å². The summed E-state index contributed by atoms with van der Waals surface area (Å²) < 4.78 is 11.2. The highest BCUT2D eigenvalue weighted by atomic mass is 35.5. The highest BCUT2D eigenvalue weighted by Gasteiger charge is 2.18. The Morgan fingerprint density at radius 1 is 1.03 bits per heavy atom. The van der Waals surface area contributed by atoms with Gasteiger partial charge in [-0.1, -0.05) is 23.2 Å². The molecule has 0 saturated heterocycles. The number of ether oxygens (including phenoxy) is 2. The second-order valence-corrected chi connectivity index (χ2v) is 7.03. The first kappa shape index (κ1) is 21.4. The van der Waals surface area contributed by atoms with Crippen LogP contribution in [0.2, 0.25) is 10.0 Å². The number of nitrogens with one attached hydrogen (secondary N) is 1. The number of aryl methyl sites for hydroxylation is 1. The SMILES string of the molecule is COc1cc(Cl)ccc1Oc1cc(Cl)c(C)cc1C(=O)Nc1ccc(C(=O)O)nc1. The van der Waals surface area contributed by atoms with Gasteiger partial charge in [0.15, 0.2) is 11.5 Å². The summed E-state index contributed by atoms with van der Waals surface area (Å²) in [5.74, 6) is -0.697. The van der Waals surface area contributed by atoms with Gasteiger partial charge in [-0.2, -0.15) is 0 Å². The van der Waals surface area contributed by atoms with E-state index in [9.17, 15) is 9.59 Å². The van der Waals surface area contributed by atoms with E-state index in [1.807, 2.05) is 0 Å². The van der Waals surface area contributed by atoms with Crippen LogP contribution in [0.25, 0.3) is 0 Å². The van der Waals surface area contributed by atoms with E-state index in [0.29, 0.717) is 32.8 Å². The van der Waals surface area contributed by atoms with Crippen LogP contribution in [0, 0.1) is 6.92 Å². The lowest BCUT2D eigenvalue weighted by Gasteiger charge is -2.15. The van der Waals surface area contributed by atoms with Gasteiger partial charge in [-0.15, -0.1) is 0 Å². The molecule has 0 bridgehead atoms. The summed E-state index contributed by atoms with van der Waals surface area (Å²) >= 11 is 12.2. The Balaban J connectivity index is 1.93. The van der Waals surface area contributed by atoms with E-state index in [1.165, 1.54) is 31.5 Å². The minimum absolute atomic E-state index is 0.130. The van der Waals surface area contributed by atoms with Crippen molar-refractivity contribution in [2.24, 2.45) is 0 Å². The number of hydrogen-bond acceptors (Lipinski definition) is 5. The highest BCUT2D eigenvalue weighted by molar-refractivity contribution is 6.31. The Bertz CT molecular complexity index is 1120. The van der Waals surface area contributed by atoms with Crippen LogP contribution >= 0.6 is 23.2 Å². The number of halogens is 2. The molecule has 0 spiro atoms. The first-order chi connectivity index (χ1) is 14.3. The van der Waals surface area contributed by atoms with Crippen molar-refractivity contribution in [2.45, 2.75) is 6.92 Å². The molecule has 7 nitrogen and oxygen atoms in total. The molecule has 1 amide bonds. The van der Waals surface area contributed by atoms with Gasteiger partial charge in [-0.3, -0.25) is 4.79 Å². The smallest absolute Gasteiger partial charge is 0.354 e. The van der Waals surface area contributed by atoms with Crippen molar-refractivity contribution >= 4 is 40.8 Å². The number of carboxylic acids is 1. The quantitative estimate of drug-likeness (QED) is 0.522. The number of carboxylic acid groups (broad SMARTS) is 1. The van der Waals surface area contributed by atoms with E-state index in [0.717, 1.165) is 0 Å². The maximum Gasteiger partial charge on any atom is 0.354 e. The number of pyridine rings is 1. The molecule has 1 heterocycles. The molecule has 0 aliphatic rings. The minimum atomic E-state index is -1.16. The van der Waals surface area contributed by atoms with Gasteiger partial charge in [-0.25, -0.2) is 9.78 Å². The third-order valence-electron chi connectivity index (χ3n) is 4.09. The average molecular weight is 447 g/mol. The predicted octanol–water partition coefficient (Wildman–Crippen LogP) is 5.45. The monoisotopic (exact) mass is 446 g/mol. The standard InChI is InChI=1S/C21H16Cl2N2O5/c1-11-7-14(20(26)25-13-4-5-16(21(27)28)24-10-13)18(9-15(11)23)30-17-6-3-12(22)8-19(17)29-2/h3-10H,1-2H3,(H,25,26)(H,27,28). The molecule has 3 aromatic rings. The van der Waals surface area contributed by atoms with Crippen molar-refractivity contribution in [2.75, 3.05) is 12.4 Å². The Kier molecular flexibility index (Phi) is 6.44.